The molecule has 1 aromatic rings. The molecule has 2 rings (SSSR count). The van der Waals surface area contributed by atoms with Crippen molar-refractivity contribution < 1.29 is 13.5 Å². The van der Waals surface area contributed by atoms with E-state index in [4.69, 9.17) is 10.6 Å². The van der Waals surface area contributed by atoms with Crippen LogP contribution in [0.2, 0.25) is 0 Å². The molecule has 1 aromatic heterocycles. The fourth-order valence-corrected chi connectivity index (χ4v) is 2.08. The summed E-state index contributed by atoms with van der Waals surface area (Å²) in [7, 11) is 0. The first kappa shape index (κ1) is 13.7. The summed E-state index contributed by atoms with van der Waals surface area (Å²) in [6.45, 7) is 2.48. The van der Waals surface area contributed by atoms with Crippen LogP contribution in [0.25, 0.3) is 0 Å². The Labute approximate surface area is 110 Å². The average molecular weight is 269 g/mol. The van der Waals surface area contributed by atoms with Crippen molar-refractivity contribution in [2.24, 2.45) is 17.7 Å². The van der Waals surface area contributed by atoms with Crippen LogP contribution in [0.4, 0.5) is 14.6 Å². The lowest BCUT2D eigenvalue weighted by atomic mass is 9.85. The number of rotatable bonds is 4. The van der Waals surface area contributed by atoms with E-state index in [0.717, 1.165) is 12.8 Å². The van der Waals surface area contributed by atoms with Crippen LogP contribution in [0.15, 0.2) is 18.2 Å². The number of pyridine rings is 1. The molecule has 0 aliphatic heterocycles. The summed E-state index contributed by atoms with van der Waals surface area (Å²) in [5, 5.41) is 0. The molecular formula is C13H17F2N3O. The van der Waals surface area contributed by atoms with Gasteiger partial charge in [-0.2, -0.15) is 4.98 Å². The fraction of sp³-hybridized carbons (Fsp3) is 0.462. The number of anilines is 1. The van der Waals surface area contributed by atoms with E-state index in [9.17, 15) is 8.78 Å². The molecule has 6 heteroatoms. The zero-order chi connectivity index (χ0) is 13.8. The molecule has 19 heavy (non-hydrogen) atoms. The summed E-state index contributed by atoms with van der Waals surface area (Å²) in [5.41, 5.74) is 2.07. The first-order chi connectivity index (χ1) is 9.11. The predicted octanol–water partition coefficient (Wildman–Crippen LogP) is 2.63. The van der Waals surface area contributed by atoms with Crippen LogP contribution in [0.5, 0.6) is 5.88 Å². The quantitative estimate of drug-likeness (QED) is 0.501. The fourth-order valence-electron chi connectivity index (χ4n) is 2.08. The molecule has 1 aliphatic rings. The summed E-state index contributed by atoms with van der Waals surface area (Å²) in [5.74, 6) is 3.75. The number of allylic oxidation sites excluding steroid dienone is 2. The molecule has 0 amide bonds. The summed E-state index contributed by atoms with van der Waals surface area (Å²) in [6.07, 6.45) is 6.11. The van der Waals surface area contributed by atoms with Crippen LogP contribution in [-0.4, -0.2) is 11.6 Å². The molecule has 2 atom stereocenters. The van der Waals surface area contributed by atoms with Crippen molar-refractivity contribution in [2.75, 3.05) is 12.0 Å². The molecule has 0 saturated carbocycles. The Kier molecular flexibility index (Phi) is 4.31. The molecule has 4 nitrogen and oxygen atoms in total. The minimum absolute atomic E-state index is 0.226. The molecule has 104 valence electrons. The van der Waals surface area contributed by atoms with Gasteiger partial charge in [0.05, 0.1) is 6.61 Å². The number of nitrogens with zero attached hydrogens (tertiary/aromatic N) is 1. The maximum atomic E-state index is 13.5. The highest BCUT2D eigenvalue weighted by atomic mass is 19.1. The Balaban J connectivity index is 2.05. The molecule has 0 radical (unpaired) electrons. The Bertz CT molecular complexity index is 479. The molecule has 0 fully saturated rings. The van der Waals surface area contributed by atoms with Gasteiger partial charge in [-0.05, 0) is 24.7 Å². The van der Waals surface area contributed by atoms with Crippen LogP contribution >= 0.6 is 0 Å². The van der Waals surface area contributed by atoms with Crippen molar-refractivity contribution in [3.8, 4) is 5.88 Å². The van der Waals surface area contributed by atoms with Crippen LogP contribution in [0, 0.1) is 23.5 Å². The smallest absolute Gasteiger partial charge is 0.252 e. The van der Waals surface area contributed by atoms with E-state index in [1.54, 1.807) is 0 Å². The van der Waals surface area contributed by atoms with Gasteiger partial charge in [0.2, 0.25) is 0 Å². The van der Waals surface area contributed by atoms with Crippen molar-refractivity contribution in [3.63, 3.8) is 0 Å². The minimum Gasteiger partial charge on any atom is -0.475 e. The number of ether oxygens (including phenoxy) is 1. The average Bonchev–Trinajstić information content (AvgIpc) is 2.39. The van der Waals surface area contributed by atoms with Gasteiger partial charge in [-0.1, -0.05) is 19.1 Å². The normalized spacial score (nSPS) is 22.3. The van der Waals surface area contributed by atoms with Crippen LogP contribution < -0.4 is 16.0 Å². The SMILES string of the molecule is CC1CC=CCC1COc1nc(NN)c(F)cc1F. The van der Waals surface area contributed by atoms with Crippen molar-refractivity contribution in [2.45, 2.75) is 19.8 Å². The van der Waals surface area contributed by atoms with Gasteiger partial charge in [-0.15, -0.1) is 0 Å². The number of hydrazine groups is 1. The van der Waals surface area contributed by atoms with Crippen LogP contribution in [0.3, 0.4) is 0 Å². The summed E-state index contributed by atoms with van der Waals surface area (Å²) in [4.78, 5) is 3.67. The topological polar surface area (TPSA) is 60.2 Å². The number of nitrogens with two attached hydrogens (primary N) is 1. The van der Waals surface area contributed by atoms with Gasteiger partial charge >= 0.3 is 0 Å². The van der Waals surface area contributed by atoms with Gasteiger partial charge in [0.1, 0.15) is 0 Å². The third-order valence-corrected chi connectivity index (χ3v) is 3.39. The zero-order valence-electron chi connectivity index (χ0n) is 10.7. The maximum absolute atomic E-state index is 13.5. The van der Waals surface area contributed by atoms with E-state index >= 15 is 0 Å². The van der Waals surface area contributed by atoms with Gasteiger partial charge in [-0.25, -0.2) is 14.6 Å². The minimum atomic E-state index is -0.846. The van der Waals surface area contributed by atoms with E-state index in [-0.39, 0.29) is 11.7 Å². The molecule has 0 spiro atoms. The second-order valence-electron chi connectivity index (χ2n) is 4.74. The van der Waals surface area contributed by atoms with E-state index < -0.39 is 11.6 Å². The first-order valence-corrected chi connectivity index (χ1v) is 6.22. The lowest BCUT2D eigenvalue weighted by molar-refractivity contribution is 0.186. The van der Waals surface area contributed by atoms with E-state index in [1.165, 1.54) is 0 Å². The first-order valence-electron chi connectivity index (χ1n) is 6.22. The van der Waals surface area contributed by atoms with E-state index in [1.807, 2.05) is 0 Å². The zero-order valence-corrected chi connectivity index (χ0v) is 10.7. The van der Waals surface area contributed by atoms with E-state index in [2.05, 4.69) is 29.5 Å². The van der Waals surface area contributed by atoms with Crippen molar-refractivity contribution in [3.05, 3.63) is 29.9 Å². The highest BCUT2D eigenvalue weighted by molar-refractivity contribution is 5.38. The number of nitrogen functional groups attached to an aromatic ring is 1. The summed E-state index contributed by atoms with van der Waals surface area (Å²) < 4.78 is 32.0. The largest absolute Gasteiger partial charge is 0.475 e. The molecular weight excluding hydrogens is 252 g/mol. The Morgan fingerprint density at radius 2 is 2.11 bits per heavy atom. The summed E-state index contributed by atoms with van der Waals surface area (Å²) in [6, 6.07) is 0.710. The van der Waals surface area contributed by atoms with Gasteiger partial charge in [0.25, 0.3) is 5.88 Å². The van der Waals surface area contributed by atoms with Gasteiger partial charge < -0.3 is 10.2 Å². The van der Waals surface area contributed by atoms with Crippen LogP contribution in [0.1, 0.15) is 19.8 Å². The molecule has 0 bridgehead atoms. The third-order valence-electron chi connectivity index (χ3n) is 3.39. The third kappa shape index (κ3) is 3.20. The molecule has 0 saturated heterocycles. The van der Waals surface area contributed by atoms with Gasteiger partial charge in [-0.3, -0.25) is 0 Å². The predicted molar refractivity (Wildman–Crippen MR) is 68.5 cm³/mol. The Morgan fingerprint density at radius 3 is 2.79 bits per heavy atom. The van der Waals surface area contributed by atoms with Crippen molar-refractivity contribution in [1.82, 2.24) is 4.98 Å². The van der Waals surface area contributed by atoms with Crippen molar-refractivity contribution in [1.29, 1.82) is 0 Å². The molecule has 2 unspecified atom stereocenters. The lowest BCUT2D eigenvalue weighted by Gasteiger charge is -2.25. The second kappa shape index (κ2) is 5.97. The van der Waals surface area contributed by atoms with Crippen LogP contribution in [-0.2, 0) is 0 Å². The number of nitrogens with one attached hydrogen (secondary N) is 1. The van der Waals surface area contributed by atoms with Crippen molar-refractivity contribution >= 4 is 5.82 Å². The highest BCUT2D eigenvalue weighted by Gasteiger charge is 2.20. The highest BCUT2D eigenvalue weighted by Crippen LogP contribution is 2.27. The standard InChI is InChI=1S/C13H17F2N3O/c1-8-4-2-3-5-9(8)7-19-13-11(15)6-10(14)12(17-13)18-16/h2-3,6,8-9H,4-5,7,16H2,1H3,(H,17,18). The maximum Gasteiger partial charge on any atom is 0.252 e. The Morgan fingerprint density at radius 1 is 1.37 bits per heavy atom. The molecule has 1 heterocycles. The monoisotopic (exact) mass is 269 g/mol. The number of hydrogen-bond donors (Lipinski definition) is 2. The van der Waals surface area contributed by atoms with E-state index in [0.29, 0.717) is 24.5 Å². The number of halogens is 2. The van der Waals surface area contributed by atoms with Gasteiger partial charge in [0.15, 0.2) is 17.5 Å². The second-order valence-corrected chi connectivity index (χ2v) is 4.74. The molecule has 3 N–H and O–H groups in total. The summed E-state index contributed by atoms with van der Waals surface area (Å²) >= 11 is 0. The lowest BCUT2D eigenvalue weighted by Crippen LogP contribution is -2.22. The van der Waals surface area contributed by atoms with Gasteiger partial charge in [0, 0.05) is 6.07 Å². The Hall–Kier alpha value is -1.69. The number of aromatic nitrogens is 1. The number of hydrogen-bond acceptors (Lipinski definition) is 4. The molecule has 1 aliphatic carbocycles. The molecule has 0 aromatic carbocycles.